The molecule has 0 bridgehead atoms. The molecule has 0 saturated carbocycles. The molecule has 138 valence electrons. The van der Waals surface area contributed by atoms with Gasteiger partial charge in [-0.15, -0.1) is 0 Å². The molecule has 0 radical (unpaired) electrons. The molecule has 0 spiro atoms. The van der Waals surface area contributed by atoms with E-state index in [0.29, 0.717) is 18.1 Å². The average Bonchev–Trinajstić information content (AvgIpc) is 2.67. The summed E-state index contributed by atoms with van der Waals surface area (Å²) in [7, 11) is 0. The van der Waals surface area contributed by atoms with Crippen LogP contribution in [-0.2, 0) is 11.4 Å². The van der Waals surface area contributed by atoms with Crippen LogP contribution in [0.2, 0.25) is 0 Å². The highest BCUT2D eigenvalue weighted by atomic mass is 32.1. The molecule has 1 aliphatic carbocycles. The standard InChI is InChI=1S/C22H22N2O2S/c1-14-9-11-15(12-10-14)13-26-19-8-3-2-5-16(19)21-20-17(23-22(27)24-21)6-4-7-18(20)25/h2-3,5,8-12,21H,4,6-7,13H2,1H3,(H2,23,24,27). The van der Waals surface area contributed by atoms with Crippen LogP contribution in [0.5, 0.6) is 5.75 Å². The molecule has 2 N–H and O–H groups in total. The number of rotatable bonds is 4. The molecule has 2 aromatic carbocycles. The number of aryl methyl sites for hydroxylation is 1. The number of hydrogen-bond donors (Lipinski definition) is 2. The molecular formula is C22H22N2O2S. The van der Waals surface area contributed by atoms with Gasteiger partial charge in [0.05, 0.1) is 6.04 Å². The normalized spacial score (nSPS) is 19.2. The summed E-state index contributed by atoms with van der Waals surface area (Å²) >= 11 is 5.38. The van der Waals surface area contributed by atoms with Gasteiger partial charge in [-0.25, -0.2) is 0 Å². The number of para-hydroxylation sites is 1. The topological polar surface area (TPSA) is 50.4 Å². The second-order valence-electron chi connectivity index (χ2n) is 7.01. The molecule has 0 amide bonds. The first-order valence-corrected chi connectivity index (χ1v) is 9.63. The molecule has 2 aliphatic rings. The van der Waals surface area contributed by atoms with Crippen LogP contribution in [0, 0.1) is 6.92 Å². The summed E-state index contributed by atoms with van der Waals surface area (Å²) in [6, 6.07) is 15.9. The van der Waals surface area contributed by atoms with Gasteiger partial charge in [0.15, 0.2) is 10.9 Å². The SMILES string of the molecule is Cc1ccc(COc2ccccc2C2NC(=S)NC3=C2C(=O)CCC3)cc1. The van der Waals surface area contributed by atoms with E-state index in [9.17, 15) is 4.79 Å². The summed E-state index contributed by atoms with van der Waals surface area (Å²) in [6.45, 7) is 2.55. The van der Waals surface area contributed by atoms with Crippen LogP contribution in [0.15, 0.2) is 59.8 Å². The smallest absolute Gasteiger partial charge is 0.171 e. The lowest BCUT2D eigenvalue weighted by molar-refractivity contribution is -0.116. The lowest BCUT2D eigenvalue weighted by atomic mass is 9.85. The molecule has 2 aromatic rings. The van der Waals surface area contributed by atoms with Crippen molar-refractivity contribution in [1.82, 2.24) is 10.6 Å². The van der Waals surface area contributed by atoms with Gasteiger partial charge >= 0.3 is 0 Å². The Labute approximate surface area is 164 Å². The Bertz CT molecular complexity index is 918. The number of benzene rings is 2. The first-order valence-electron chi connectivity index (χ1n) is 9.23. The molecule has 1 atom stereocenters. The number of Topliss-reactive ketones (excluding diaryl/α,β-unsaturated/α-hetero) is 1. The maximum atomic E-state index is 12.6. The fourth-order valence-electron chi connectivity index (χ4n) is 3.63. The van der Waals surface area contributed by atoms with Crippen molar-refractivity contribution in [2.75, 3.05) is 0 Å². The number of thiocarbonyl (C=S) groups is 1. The summed E-state index contributed by atoms with van der Waals surface area (Å²) in [5.74, 6) is 0.947. The van der Waals surface area contributed by atoms with E-state index >= 15 is 0 Å². The molecule has 5 heteroatoms. The Morgan fingerprint density at radius 2 is 1.89 bits per heavy atom. The number of ether oxygens (including phenoxy) is 1. The highest BCUT2D eigenvalue weighted by molar-refractivity contribution is 7.80. The molecule has 1 aliphatic heterocycles. The third-order valence-electron chi connectivity index (χ3n) is 5.03. The predicted molar refractivity (Wildman–Crippen MR) is 109 cm³/mol. The Balaban J connectivity index is 1.64. The van der Waals surface area contributed by atoms with Gasteiger partial charge in [-0.2, -0.15) is 0 Å². The van der Waals surface area contributed by atoms with E-state index in [1.165, 1.54) is 5.56 Å². The zero-order valence-electron chi connectivity index (χ0n) is 15.2. The van der Waals surface area contributed by atoms with Crippen molar-refractivity contribution in [1.29, 1.82) is 0 Å². The van der Waals surface area contributed by atoms with Crippen LogP contribution in [0.4, 0.5) is 0 Å². The van der Waals surface area contributed by atoms with E-state index in [2.05, 4.69) is 41.8 Å². The average molecular weight is 378 g/mol. The van der Waals surface area contributed by atoms with Crippen molar-refractivity contribution >= 4 is 23.1 Å². The maximum absolute atomic E-state index is 12.6. The minimum absolute atomic E-state index is 0.178. The van der Waals surface area contributed by atoms with Gasteiger partial charge in [0.25, 0.3) is 0 Å². The van der Waals surface area contributed by atoms with Crippen LogP contribution in [-0.4, -0.2) is 10.9 Å². The fourth-order valence-corrected chi connectivity index (χ4v) is 3.87. The molecule has 4 nitrogen and oxygen atoms in total. The molecule has 0 fully saturated rings. The zero-order chi connectivity index (χ0) is 18.8. The maximum Gasteiger partial charge on any atom is 0.171 e. The van der Waals surface area contributed by atoms with E-state index in [0.717, 1.165) is 41.0 Å². The Morgan fingerprint density at radius 3 is 2.70 bits per heavy atom. The first kappa shape index (κ1) is 17.7. The summed E-state index contributed by atoms with van der Waals surface area (Å²) in [4.78, 5) is 12.6. The first-order chi connectivity index (χ1) is 13.1. The predicted octanol–water partition coefficient (Wildman–Crippen LogP) is 4.10. The second kappa shape index (κ2) is 7.53. The number of allylic oxidation sites excluding steroid dienone is 1. The Morgan fingerprint density at radius 1 is 1.11 bits per heavy atom. The van der Waals surface area contributed by atoms with Crippen molar-refractivity contribution in [3.63, 3.8) is 0 Å². The van der Waals surface area contributed by atoms with Gasteiger partial charge in [0.1, 0.15) is 12.4 Å². The number of ketones is 1. The van der Waals surface area contributed by atoms with Crippen LogP contribution in [0.3, 0.4) is 0 Å². The summed E-state index contributed by atoms with van der Waals surface area (Å²) < 4.78 is 6.13. The molecule has 1 unspecified atom stereocenters. The monoisotopic (exact) mass is 378 g/mol. The number of carbonyl (C=O) groups is 1. The Hall–Kier alpha value is -2.66. The minimum atomic E-state index is -0.268. The van der Waals surface area contributed by atoms with Crippen LogP contribution >= 0.6 is 12.2 Å². The molecule has 27 heavy (non-hydrogen) atoms. The third-order valence-corrected chi connectivity index (χ3v) is 5.25. The van der Waals surface area contributed by atoms with Gasteiger partial charge in [0.2, 0.25) is 0 Å². The minimum Gasteiger partial charge on any atom is -0.489 e. The lowest BCUT2D eigenvalue weighted by Gasteiger charge is -2.34. The van der Waals surface area contributed by atoms with Crippen LogP contribution in [0.25, 0.3) is 0 Å². The largest absolute Gasteiger partial charge is 0.489 e. The van der Waals surface area contributed by atoms with Crippen LogP contribution < -0.4 is 15.4 Å². The number of hydrogen-bond acceptors (Lipinski definition) is 3. The van der Waals surface area contributed by atoms with Crippen molar-refractivity contribution in [2.45, 2.75) is 38.8 Å². The number of nitrogens with one attached hydrogen (secondary N) is 2. The summed E-state index contributed by atoms with van der Waals surface area (Å²) in [5, 5.41) is 7.00. The van der Waals surface area contributed by atoms with Crippen LogP contribution in [0.1, 0.15) is 42.0 Å². The van der Waals surface area contributed by atoms with Crippen molar-refractivity contribution in [3.05, 3.63) is 76.5 Å². The van der Waals surface area contributed by atoms with Gasteiger partial charge in [-0.3, -0.25) is 4.79 Å². The fraction of sp³-hybridized carbons (Fsp3) is 0.273. The van der Waals surface area contributed by atoms with E-state index in [1.807, 2.05) is 24.3 Å². The number of carbonyl (C=O) groups excluding carboxylic acids is 1. The van der Waals surface area contributed by atoms with Crippen molar-refractivity contribution in [2.24, 2.45) is 0 Å². The van der Waals surface area contributed by atoms with E-state index in [1.54, 1.807) is 0 Å². The third kappa shape index (κ3) is 3.74. The highest BCUT2D eigenvalue weighted by Crippen LogP contribution is 2.37. The van der Waals surface area contributed by atoms with E-state index in [-0.39, 0.29) is 11.8 Å². The zero-order valence-corrected chi connectivity index (χ0v) is 16.1. The second-order valence-corrected chi connectivity index (χ2v) is 7.42. The summed E-state index contributed by atoms with van der Waals surface area (Å²) in [6.07, 6.45) is 2.30. The van der Waals surface area contributed by atoms with E-state index < -0.39 is 0 Å². The lowest BCUT2D eigenvalue weighted by Crippen LogP contribution is -2.46. The van der Waals surface area contributed by atoms with Gasteiger partial charge < -0.3 is 15.4 Å². The van der Waals surface area contributed by atoms with Gasteiger partial charge in [-0.05, 0) is 43.6 Å². The van der Waals surface area contributed by atoms with Crippen molar-refractivity contribution < 1.29 is 9.53 Å². The molecule has 0 saturated heterocycles. The van der Waals surface area contributed by atoms with Crippen molar-refractivity contribution in [3.8, 4) is 5.75 Å². The van der Waals surface area contributed by atoms with Gasteiger partial charge in [-0.1, -0.05) is 48.0 Å². The Kier molecular flexibility index (Phi) is 4.94. The summed E-state index contributed by atoms with van der Waals surface area (Å²) in [5.41, 5.74) is 5.02. The quantitative estimate of drug-likeness (QED) is 0.785. The molecule has 1 heterocycles. The molecular weight excluding hydrogens is 356 g/mol. The molecule has 0 aromatic heterocycles. The van der Waals surface area contributed by atoms with E-state index in [4.69, 9.17) is 17.0 Å². The highest BCUT2D eigenvalue weighted by Gasteiger charge is 2.34. The molecule has 4 rings (SSSR count). The van der Waals surface area contributed by atoms with Gasteiger partial charge in [0, 0.05) is 23.3 Å².